The molecule has 0 saturated heterocycles. The lowest BCUT2D eigenvalue weighted by Crippen LogP contribution is -2.54. The molecule has 1 aromatic rings. The van der Waals surface area contributed by atoms with E-state index in [2.05, 4.69) is 10.4 Å². The highest BCUT2D eigenvalue weighted by molar-refractivity contribution is 5.96. The Morgan fingerprint density at radius 3 is 2.38 bits per heavy atom. The summed E-state index contributed by atoms with van der Waals surface area (Å²) in [7, 11) is 0. The fourth-order valence-electron chi connectivity index (χ4n) is 2.75. The number of nitrogens with one attached hydrogen (secondary N) is 1. The zero-order valence-electron chi connectivity index (χ0n) is 12.6. The highest BCUT2D eigenvalue weighted by atomic mass is 16.4. The molecule has 2 rings (SSSR count). The first kappa shape index (κ1) is 15.5. The second kappa shape index (κ2) is 6.28. The number of hydrogen-bond donors (Lipinski definition) is 2. The van der Waals surface area contributed by atoms with Gasteiger partial charge in [-0.25, -0.2) is 4.79 Å². The van der Waals surface area contributed by atoms with Crippen LogP contribution in [-0.4, -0.2) is 32.3 Å². The Balaban J connectivity index is 2.15. The fourth-order valence-corrected chi connectivity index (χ4v) is 2.75. The minimum absolute atomic E-state index is 0.165. The highest BCUT2D eigenvalue weighted by Gasteiger charge is 2.40. The topological polar surface area (TPSA) is 84.2 Å². The molecule has 0 bridgehead atoms. The summed E-state index contributed by atoms with van der Waals surface area (Å²) in [5.74, 6) is -1.35. The Morgan fingerprint density at radius 2 is 1.90 bits per heavy atom. The van der Waals surface area contributed by atoms with E-state index in [1.165, 1.54) is 0 Å². The SMILES string of the molecule is CC(C)n1ccc(C(=O)NC2(C(=O)O)CCCCCC2)n1. The van der Waals surface area contributed by atoms with Crippen LogP contribution in [0, 0.1) is 0 Å². The molecule has 6 nitrogen and oxygen atoms in total. The molecule has 1 amide bonds. The van der Waals surface area contributed by atoms with Gasteiger partial charge in [-0.15, -0.1) is 0 Å². The minimum atomic E-state index is -1.14. The summed E-state index contributed by atoms with van der Waals surface area (Å²) in [4.78, 5) is 24.0. The van der Waals surface area contributed by atoms with Crippen molar-refractivity contribution >= 4 is 11.9 Å². The van der Waals surface area contributed by atoms with Crippen LogP contribution in [0.3, 0.4) is 0 Å². The molecule has 1 aromatic heterocycles. The van der Waals surface area contributed by atoms with Crippen molar-refractivity contribution in [2.45, 2.75) is 64.0 Å². The summed E-state index contributed by atoms with van der Waals surface area (Å²) in [5, 5.41) is 16.5. The van der Waals surface area contributed by atoms with Gasteiger partial charge in [-0.05, 0) is 32.8 Å². The van der Waals surface area contributed by atoms with Crippen LogP contribution in [0.25, 0.3) is 0 Å². The van der Waals surface area contributed by atoms with E-state index in [-0.39, 0.29) is 11.7 Å². The number of rotatable bonds is 4. The lowest BCUT2D eigenvalue weighted by atomic mass is 9.90. The van der Waals surface area contributed by atoms with E-state index in [4.69, 9.17) is 0 Å². The summed E-state index contributed by atoms with van der Waals surface area (Å²) in [6.07, 6.45) is 6.40. The van der Waals surface area contributed by atoms with E-state index in [1.54, 1.807) is 16.9 Å². The van der Waals surface area contributed by atoms with Crippen molar-refractivity contribution in [1.29, 1.82) is 0 Å². The Bertz CT molecular complexity index is 514. The van der Waals surface area contributed by atoms with Gasteiger partial charge in [-0.2, -0.15) is 5.10 Å². The molecule has 0 atom stereocenters. The smallest absolute Gasteiger partial charge is 0.329 e. The molecule has 116 valence electrons. The third-order valence-electron chi connectivity index (χ3n) is 4.09. The van der Waals surface area contributed by atoms with Gasteiger partial charge in [-0.3, -0.25) is 9.48 Å². The van der Waals surface area contributed by atoms with E-state index in [1.807, 2.05) is 13.8 Å². The van der Waals surface area contributed by atoms with Gasteiger partial charge >= 0.3 is 5.97 Å². The van der Waals surface area contributed by atoms with Crippen LogP contribution in [0.15, 0.2) is 12.3 Å². The number of hydrogen-bond acceptors (Lipinski definition) is 3. The van der Waals surface area contributed by atoms with Crippen molar-refractivity contribution in [2.75, 3.05) is 0 Å². The first-order valence-electron chi connectivity index (χ1n) is 7.56. The van der Waals surface area contributed by atoms with E-state index in [0.29, 0.717) is 12.8 Å². The molecule has 0 spiro atoms. The van der Waals surface area contributed by atoms with Crippen LogP contribution < -0.4 is 5.32 Å². The lowest BCUT2D eigenvalue weighted by Gasteiger charge is -2.28. The minimum Gasteiger partial charge on any atom is -0.480 e. The van der Waals surface area contributed by atoms with Crippen LogP contribution in [0.2, 0.25) is 0 Å². The summed E-state index contributed by atoms with van der Waals surface area (Å²) < 4.78 is 1.69. The third kappa shape index (κ3) is 3.43. The van der Waals surface area contributed by atoms with E-state index < -0.39 is 17.4 Å². The Kier molecular flexibility index (Phi) is 4.65. The molecule has 1 saturated carbocycles. The molecule has 1 fully saturated rings. The Morgan fingerprint density at radius 1 is 1.29 bits per heavy atom. The molecule has 1 aliphatic carbocycles. The maximum absolute atomic E-state index is 12.3. The monoisotopic (exact) mass is 293 g/mol. The maximum atomic E-state index is 12.3. The van der Waals surface area contributed by atoms with E-state index in [0.717, 1.165) is 25.7 Å². The molecule has 1 aliphatic rings. The van der Waals surface area contributed by atoms with Gasteiger partial charge in [0.25, 0.3) is 5.91 Å². The Labute approximate surface area is 124 Å². The molecule has 0 radical (unpaired) electrons. The summed E-state index contributed by atoms with van der Waals surface area (Å²) in [5.41, 5.74) is -0.872. The maximum Gasteiger partial charge on any atom is 0.329 e. The van der Waals surface area contributed by atoms with Crippen molar-refractivity contribution in [3.63, 3.8) is 0 Å². The summed E-state index contributed by atoms with van der Waals surface area (Å²) >= 11 is 0. The van der Waals surface area contributed by atoms with Crippen LogP contribution in [0.1, 0.15) is 68.9 Å². The summed E-state index contributed by atoms with van der Waals surface area (Å²) in [6.45, 7) is 3.94. The molecular formula is C15H23N3O3. The van der Waals surface area contributed by atoms with Crippen molar-refractivity contribution in [1.82, 2.24) is 15.1 Å². The van der Waals surface area contributed by atoms with Crippen molar-refractivity contribution in [3.05, 3.63) is 18.0 Å². The van der Waals surface area contributed by atoms with Crippen molar-refractivity contribution < 1.29 is 14.7 Å². The molecule has 1 heterocycles. The molecule has 2 N–H and O–H groups in total. The second-order valence-electron chi connectivity index (χ2n) is 6.03. The predicted molar refractivity (Wildman–Crippen MR) is 78.1 cm³/mol. The number of aromatic nitrogens is 2. The van der Waals surface area contributed by atoms with Crippen molar-refractivity contribution in [2.24, 2.45) is 0 Å². The normalized spacial score (nSPS) is 18.2. The predicted octanol–water partition coefficient (Wildman–Crippen LogP) is 2.37. The van der Waals surface area contributed by atoms with Crippen molar-refractivity contribution in [3.8, 4) is 0 Å². The van der Waals surface area contributed by atoms with Gasteiger partial charge in [0.2, 0.25) is 0 Å². The van der Waals surface area contributed by atoms with Crippen LogP contribution in [0.4, 0.5) is 0 Å². The number of carboxylic acid groups (broad SMARTS) is 1. The third-order valence-corrected chi connectivity index (χ3v) is 4.09. The number of carbonyl (C=O) groups excluding carboxylic acids is 1. The average Bonchev–Trinajstić information content (AvgIpc) is 2.81. The number of carboxylic acids is 1. The second-order valence-corrected chi connectivity index (χ2v) is 6.03. The first-order chi connectivity index (χ1) is 9.94. The van der Waals surface area contributed by atoms with Crippen LogP contribution in [-0.2, 0) is 4.79 Å². The number of aliphatic carboxylic acids is 1. The molecular weight excluding hydrogens is 270 g/mol. The number of carbonyl (C=O) groups is 2. The standard InChI is InChI=1S/C15H23N3O3/c1-11(2)18-10-7-12(17-18)13(19)16-15(14(20)21)8-5-3-4-6-9-15/h7,10-11H,3-6,8-9H2,1-2H3,(H,16,19)(H,20,21). The van der Waals surface area contributed by atoms with Gasteiger partial charge in [-0.1, -0.05) is 25.7 Å². The van der Waals surface area contributed by atoms with Gasteiger partial charge < -0.3 is 10.4 Å². The zero-order chi connectivity index (χ0) is 15.5. The Hall–Kier alpha value is -1.85. The number of amides is 1. The van der Waals surface area contributed by atoms with Gasteiger partial charge in [0.15, 0.2) is 0 Å². The van der Waals surface area contributed by atoms with Gasteiger partial charge in [0.1, 0.15) is 11.2 Å². The van der Waals surface area contributed by atoms with E-state index >= 15 is 0 Å². The molecule has 0 aromatic carbocycles. The highest BCUT2D eigenvalue weighted by Crippen LogP contribution is 2.27. The molecule has 0 unspecified atom stereocenters. The molecule has 21 heavy (non-hydrogen) atoms. The van der Waals surface area contributed by atoms with Crippen LogP contribution >= 0.6 is 0 Å². The summed E-state index contributed by atoms with van der Waals surface area (Å²) in [6, 6.07) is 1.79. The zero-order valence-corrected chi connectivity index (χ0v) is 12.6. The molecule has 0 aliphatic heterocycles. The largest absolute Gasteiger partial charge is 0.480 e. The average molecular weight is 293 g/mol. The molecule has 6 heteroatoms. The first-order valence-corrected chi connectivity index (χ1v) is 7.56. The fraction of sp³-hybridized carbons (Fsp3) is 0.667. The van der Waals surface area contributed by atoms with E-state index in [9.17, 15) is 14.7 Å². The quantitative estimate of drug-likeness (QED) is 0.835. The van der Waals surface area contributed by atoms with Crippen LogP contribution in [0.5, 0.6) is 0 Å². The number of nitrogens with zero attached hydrogens (tertiary/aromatic N) is 2. The lowest BCUT2D eigenvalue weighted by molar-refractivity contribution is -0.145. The van der Waals surface area contributed by atoms with Gasteiger partial charge in [0.05, 0.1) is 0 Å². The van der Waals surface area contributed by atoms with Gasteiger partial charge in [0, 0.05) is 12.2 Å².